The molecule has 4 aliphatic heterocycles. The highest BCUT2D eigenvalue weighted by molar-refractivity contribution is 6.23. The van der Waals surface area contributed by atoms with Gasteiger partial charge in [-0.3, -0.25) is 44.0 Å². The Morgan fingerprint density at radius 1 is 0.895 bits per heavy atom. The first-order valence-electron chi connectivity index (χ1n) is 20.0. The SMILES string of the molecule is Cc1cccc(F)c1CN1C[C@H](c2ccc(N3CCN(CCCCNC(=O)CNc4ccc5c(c4)C(=O)N(C4CCC(=O)NC4=O)C5=O)CC3)cc2)[C@@H](N(C)C)C1. The zero-order valence-corrected chi connectivity index (χ0v) is 33.1. The van der Waals surface area contributed by atoms with Crippen LogP contribution in [-0.2, 0) is 20.9 Å². The number of hydrogen-bond acceptors (Lipinski definition) is 10. The van der Waals surface area contributed by atoms with Gasteiger partial charge in [0.15, 0.2) is 0 Å². The van der Waals surface area contributed by atoms with Gasteiger partial charge in [0.1, 0.15) is 11.9 Å². The summed E-state index contributed by atoms with van der Waals surface area (Å²) in [5.41, 5.74) is 5.21. The second-order valence-electron chi connectivity index (χ2n) is 15.9. The number of carbonyl (C=O) groups excluding carboxylic acids is 5. The minimum atomic E-state index is -1.02. The van der Waals surface area contributed by atoms with Crippen molar-refractivity contribution in [3.05, 3.63) is 94.3 Å². The number of piperazine rings is 1. The number of halogens is 1. The number of likely N-dealkylation sites (N-methyl/N-ethyl adjacent to an activating group) is 1. The van der Waals surface area contributed by atoms with Crippen molar-refractivity contribution in [3.8, 4) is 0 Å². The fraction of sp³-hybridized carbons (Fsp3) is 0.465. The van der Waals surface area contributed by atoms with E-state index in [0.717, 1.165) is 74.7 Å². The van der Waals surface area contributed by atoms with Gasteiger partial charge < -0.3 is 20.4 Å². The van der Waals surface area contributed by atoms with Crippen molar-refractivity contribution >= 4 is 40.9 Å². The van der Waals surface area contributed by atoms with Crippen LogP contribution in [0.5, 0.6) is 0 Å². The Bertz CT molecular complexity index is 1980. The fourth-order valence-electron chi connectivity index (χ4n) is 8.61. The Morgan fingerprint density at radius 2 is 1.65 bits per heavy atom. The zero-order valence-electron chi connectivity index (χ0n) is 33.1. The van der Waals surface area contributed by atoms with E-state index in [2.05, 4.69) is 73.9 Å². The highest BCUT2D eigenvalue weighted by atomic mass is 19.1. The number of benzene rings is 3. The third kappa shape index (κ3) is 9.03. The van der Waals surface area contributed by atoms with E-state index in [-0.39, 0.29) is 42.2 Å². The molecule has 1 unspecified atom stereocenters. The van der Waals surface area contributed by atoms with Crippen molar-refractivity contribution in [2.24, 2.45) is 0 Å². The average Bonchev–Trinajstić information content (AvgIpc) is 3.74. The normalized spacial score (nSPS) is 21.7. The zero-order chi connectivity index (χ0) is 40.2. The molecular formula is C43H53FN8O5. The smallest absolute Gasteiger partial charge is 0.262 e. The summed E-state index contributed by atoms with van der Waals surface area (Å²) in [6, 6.07) is 18.4. The first-order valence-corrected chi connectivity index (χ1v) is 20.0. The van der Waals surface area contributed by atoms with Gasteiger partial charge in [0.2, 0.25) is 17.7 Å². The van der Waals surface area contributed by atoms with Gasteiger partial charge in [-0.15, -0.1) is 0 Å². The number of nitrogens with zero attached hydrogens (tertiary/aromatic N) is 5. The second kappa shape index (κ2) is 17.5. The summed E-state index contributed by atoms with van der Waals surface area (Å²) in [5.74, 6) is -2.19. The van der Waals surface area contributed by atoms with Gasteiger partial charge in [-0.2, -0.15) is 0 Å². The largest absolute Gasteiger partial charge is 0.376 e. The van der Waals surface area contributed by atoms with Crippen LogP contribution >= 0.6 is 0 Å². The van der Waals surface area contributed by atoms with Gasteiger partial charge in [0.05, 0.1) is 17.7 Å². The molecule has 0 aliphatic carbocycles. The van der Waals surface area contributed by atoms with E-state index in [0.29, 0.717) is 30.7 Å². The standard InChI is InChI=1S/C43H53FN8O5/c1-28-7-6-8-36(44)34(28)25-50-26-35(38(27-50)48(2)3)29-9-12-31(13-10-29)51-21-19-49(20-22-51)18-5-4-17-45-40(54)24-46-30-11-14-32-33(23-30)43(57)52(42(32)56)37-15-16-39(53)47-41(37)55/h6-14,23,35,37-38,46H,4-5,15-22,24-27H2,1-3H3,(H,45,54)(H,47,53,55)/t35-,37?,38+/m1/s1. The molecule has 0 spiro atoms. The highest BCUT2D eigenvalue weighted by Gasteiger charge is 2.44. The van der Waals surface area contributed by atoms with Crippen molar-refractivity contribution in [3.63, 3.8) is 0 Å². The van der Waals surface area contributed by atoms with E-state index in [1.165, 1.54) is 23.4 Å². The van der Waals surface area contributed by atoms with Crippen LogP contribution in [0, 0.1) is 12.7 Å². The maximum atomic E-state index is 14.6. The molecule has 7 rings (SSSR count). The van der Waals surface area contributed by atoms with Gasteiger partial charge in [-0.1, -0.05) is 24.3 Å². The Hall–Kier alpha value is -5.18. The maximum Gasteiger partial charge on any atom is 0.262 e. The summed E-state index contributed by atoms with van der Waals surface area (Å²) in [5, 5.41) is 8.16. The number of anilines is 2. The lowest BCUT2D eigenvalue weighted by atomic mass is 9.93. The van der Waals surface area contributed by atoms with Crippen LogP contribution in [0.4, 0.5) is 15.8 Å². The van der Waals surface area contributed by atoms with Crippen molar-refractivity contribution in [1.29, 1.82) is 0 Å². The number of imide groups is 2. The van der Waals surface area contributed by atoms with Crippen LogP contribution in [0.25, 0.3) is 0 Å². The summed E-state index contributed by atoms with van der Waals surface area (Å²) in [6.07, 6.45) is 1.97. The number of hydrogen-bond donors (Lipinski definition) is 3. The van der Waals surface area contributed by atoms with Crippen LogP contribution in [0.15, 0.2) is 60.7 Å². The molecule has 0 radical (unpaired) electrons. The number of rotatable bonds is 14. The molecule has 3 saturated heterocycles. The summed E-state index contributed by atoms with van der Waals surface area (Å²) in [6.45, 7) is 9.81. The first kappa shape index (κ1) is 40.0. The Kier molecular flexibility index (Phi) is 12.3. The fourth-order valence-corrected chi connectivity index (χ4v) is 8.61. The van der Waals surface area contributed by atoms with Gasteiger partial charge in [-0.25, -0.2) is 4.39 Å². The molecule has 302 valence electrons. The second-order valence-corrected chi connectivity index (χ2v) is 15.9. The number of amides is 5. The number of aryl methyl sites for hydroxylation is 1. The van der Waals surface area contributed by atoms with Gasteiger partial charge in [0, 0.05) is 87.7 Å². The molecule has 3 fully saturated rings. The molecular weight excluding hydrogens is 728 g/mol. The quantitative estimate of drug-likeness (QED) is 0.165. The monoisotopic (exact) mass is 780 g/mol. The molecule has 4 heterocycles. The topological polar surface area (TPSA) is 138 Å². The Morgan fingerprint density at radius 3 is 2.37 bits per heavy atom. The van der Waals surface area contributed by atoms with Crippen LogP contribution < -0.4 is 20.9 Å². The van der Waals surface area contributed by atoms with Gasteiger partial charge in [0.25, 0.3) is 11.8 Å². The van der Waals surface area contributed by atoms with Gasteiger partial charge in [-0.05, 0) is 94.4 Å². The predicted molar refractivity (Wildman–Crippen MR) is 216 cm³/mol. The molecule has 3 atom stereocenters. The molecule has 57 heavy (non-hydrogen) atoms. The van der Waals surface area contributed by atoms with Crippen molar-refractivity contribution in [2.45, 2.75) is 57.2 Å². The minimum Gasteiger partial charge on any atom is -0.376 e. The molecule has 5 amide bonds. The van der Waals surface area contributed by atoms with E-state index in [9.17, 15) is 28.4 Å². The number of carbonyl (C=O) groups is 5. The summed E-state index contributed by atoms with van der Waals surface area (Å²) < 4.78 is 14.6. The van der Waals surface area contributed by atoms with Crippen LogP contribution in [0.1, 0.15) is 69.0 Å². The number of fused-ring (bicyclic) bond motifs is 1. The number of piperidine rings is 1. The van der Waals surface area contributed by atoms with Crippen molar-refractivity contribution < 1.29 is 28.4 Å². The highest BCUT2D eigenvalue weighted by Crippen LogP contribution is 2.34. The lowest BCUT2D eigenvalue weighted by Gasteiger charge is -2.36. The third-order valence-electron chi connectivity index (χ3n) is 11.9. The summed E-state index contributed by atoms with van der Waals surface area (Å²) in [7, 11) is 4.27. The maximum absolute atomic E-state index is 14.6. The lowest BCUT2D eigenvalue weighted by Crippen LogP contribution is -2.54. The van der Waals surface area contributed by atoms with Crippen LogP contribution in [0.3, 0.4) is 0 Å². The first-order chi connectivity index (χ1) is 27.5. The van der Waals surface area contributed by atoms with Crippen LogP contribution in [0.2, 0.25) is 0 Å². The van der Waals surface area contributed by atoms with E-state index < -0.39 is 29.7 Å². The molecule has 3 N–H and O–H groups in total. The third-order valence-corrected chi connectivity index (χ3v) is 11.9. The molecule has 3 aromatic carbocycles. The number of likely N-dealkylation sites (tertiary alicyclic amines) is 1. The molecule has 13 nitrogen and oxygen atoms in total. The average molecular weight is 781 g/mol. The van der Waals surface area contributed by atoms with Gasteiger partial charge >= 0.3 is 0 Å². The molecule has 0 bridgehead atoms. The van der Waals surface area contributed by atoms with E-state index >= 15 is 0 Å². The van der Waals surface area contributed by atoms with Crippen molar-refractivity contribution in [2.75, 3.05) is 83.2 Å². The number of nitrogens with one attached hydrogen (secondary N) is 3. The molecule has 0 aromatic heterocycles. The Labute approximate surface area is 333 Å². The molecule has 0 saturated carbocycles. The van der Waals surface area contributed by atoms with E-state index in [1.54, 1.807) is 18.2 Å². The molecule has 14 heteroatoms. The van der Waals surface area contributed by atoms with Crippen molar-refractivity contribution in [1.82, 2.24) is 30.2 Å². The van der Waals surface area contributed by atoms with Crippen LogP contribution in [-0.4, -0.2) is 134 Å². The molecule has 4 aliphatic rings. The van der Waals surface area contributed by atoms with E-state index in [4.69, 9.17) is 0 Å². The lowest BCUT2D eigenvalue weighted by molar-refractivity contribution is -0.136. The molecule has 3 aromatic rings. The Balaban J connectivity index is 0.797. The van der Waals surface area contributed by atoms with E-state index in [1.807, 2.05) is 13.0 Å². The predicted octanol–water partition coefficient (Wildman–Crippen LogP) is 3.20. The minimum absolute atomic E-state index is 0.00522. The summed E-state index contributed by atoms with van der Waals surface area (Å²) >= 11 is 0. The number of unbranched alkanes of at least 4 members (excludes halogenated alkanes) is 1. The summed E-state index contributed by atoms with van der Waals surface area (Å²) in [4.78, 5) is 72.9.